The minimum Gasteiger partial charge on any atom is -0.330 e. The molecule has 2 aliphatic rings. The third kappa shape index (κ3) is 1.36. The standard InChI is InChI=1S/C8H13N3O2.ClH/c9-4-5-2-1-3-8(5)6(12)10-7(13)11-8;/h5H,1-4,9H2,(H2,10,11,12,13);1H. The summed E-state index contributed by atoms with van der Waals surface area (Å²) in [7, 11) is 0. The van der Waals surface area contributed by atoms with Crippen LogP contribution in [0.3, 0.4) is 0 Å². The second-order valence-corrected chi connectivity index (χ2v) is 3.70. The number of hydrogen-bond donors (Lipinski definition) is 3. The third-order valence-electron chi connectivity index (χ3n) is 3.07. The molecular weight excluding hydrogens is 206 g/mol. The van der Waals surface area contributed by atoms with Crippen molar-refractivity contribution in [3.63, 3.8) is 0 Å². The Kier molecular flexibility index (Phi) is 3.01. The van der Waals surface area contributed by atoms with Crippen LogP contribution in [0.1, 0.15) is 19.3 Å². The highest BCUT2D eigenvalue weighted by Gasteiger charge is 2.53. The van der Waals surface area contributed by atoms with Crippen molar-refractivity contribution in [1.29, 1.82) is 0 Å². The molecule has 0 radical (unpaired) electrons. The highest BCUT2D eigenvalue weighted by Crippen LogP contribution is 2.36. The van der Waals surface area contributed by atoms with Gasteiger partial charge in [0.2, 0.25) is 0 Å². The molecule has 1 saturated carbocycles. The third-order valence-corrected chi connectivity index (χ3v) is 3.07. The van der Waals surface area contributed by atoms with Gasteiger partial charge in [0, 0.05) is 5.92 Å². The molecule has 0 bridgehead atoms. The largest absolute Gasteiger partial charge is 0.330 e. The zero-order valence-electron chi connectivity index (χ0n) is 7.71. The van der Waals surface area contributed by atoms with E-state index in [0.29, 0.717) is 13.0 Å². The second-order valence-electron chi connectivity index (χ2n) is 3.70. The first-order chi connectivity index (χ1) is 6.19. The van der Waals surface area contributed by atoms with E-state index in [1.54, 1.807) is 0 Å². The highest BCUT2D eigenvalue weighted by atomic mass is 35.5. The van der Waals surface area contributed by atoms with Crippen molar-refractivity contribution in [2.45, 2.75) is 24.8 Å². The zero-order valence-corrected chi connectivity index (χ0v) is 8.52. The maximum atomic E-state index is 11.5. The maximum Gasteiger partial charge on any atom is 0.322 e. The molecule has 0 aromatic heterocycles. The van der Waals surface area contributed by atoms with E-state index >= 15 is 0 Å². The number of hydrogen-bond acceptors (Lipinski definition) is 3. The summed E-state index contributed by atoms with van der Waals surface area (Å²) in [6.07, 6.45) is 2.59. The van der Waals surface area contributed by atoms with E-state index in [9.17, 15) is 9.59 Å². The molecule has 1 aliphatic carbocycles. The number of nitrogens with one attached hydrogen (secondary N) is 2. The molecule has 1 saturated heterocycles. The molecule has 2 atom stereocenters. The van der Waals surface area contributed by atoms with Crippen LogP contribution in [0.2, 0.25) is 0 Å². The van der Waals surface area contributed by atoms with Crippen LogP contribution in [0.5, 0.6) is 0 Å². The summed E-state index contributed by atoms with van der Waals surface area (Å²) >= 11 is 0. The van der Waals surface area contributed by atoms with Gasteiger partial charge < -0.3 is 11.1 Å². The lowest BCUT2D eigenvalue weighted by Gasteiger charge is -2.26. The lowest BCUT2D eigenvalue weighted by Crippen LogP contribution is -2.52. The summed E-state index contributed by atoms with van der Waals surface area (Å²) in [6, 6.07) is -0.384. The molecule has 1 aliphatic heterocycles. The fraction of sp³-hybridized carbons (Fsp3) is 0.750. The minimum absolute atomic E-state index is 0. The first kappa shape index (κ1) is 11.3. The summed E-state index contributed by atoms with van der Waals surface area (Å²) in [6.45, 7) is 0.452. The Morgan fingerprint density at radius 3 is 2.71 bits per heavy atom. The quantitative estimate of drug-likeness (QED) is 0.532. The number of carbonyl (C=O) groups excluding carboxylic acids is 2. The van der Waals surface area contributed by atoms with Gasteiger partial charge in [0.25, 0.3) is 5.91 Å². The van der Waals surface area contributed by atoms with Gasteiger partial charge in [-0.3, -0.25) is 10.1 Å². The van der Waals surface area contributed by atoms with Gasteiger partial charge in [0.1, 0.15) is 5.54 Å². The highest BCUT2D eigenvalue weighted by molar-refractivity contribution is 6.07. The number of halogens is 1. The molecule has 80 valence electrons. The summed E-state index contributed by atoms with van der Waals surface area (Å²) in [5, 5.41) is 4.97. The lowest BCUT2D eigenvalue weighted by atomic mass is 9.87. The van der Waals surface area contributed by atoms with Gasteiger partial charge in [0.05, 0.1) is 0 Å². The molecule has 1 spiro atoms. The number of nitrogens with two attached hydrogens (primary N) is 1. The second kappa shape index (κ2) is 3.74. The number of imide groups is 1. The molecule has 14 heavy (non-hydrogen) atoms. The van der Waals surface area contributed by atoms with Gasteiger partial charge in [-0.15, -0.1) is 12.4 Å². The molecule has 2 rings (SSSR count). The van der Waals surface area contributed by atoms with E-state index in [4.69, 9.17) is 5.73 Å². The molecule has 2 unspecified atom stereocenters. The lowest BCUT2D eigenvalue weighted by molar-refractivity contribution is -0.125. The van der Waals surface area contributed by atoms with Crippen molar-refractivity contribution >= 4 is 24.3 Å². The SMILES string of the molecule is Cl.NCC1CCCC12NC(=O)NC2=O. The van der Waals surface area contributed by atoms with Gasteiger partial charge in [0.15, 0.2) is 0 Å². The van der Waals surface area contributed by atoms with Gasteiger partial charge in [-0.1, -0.05) is 6.42 Å². The minimum atomic E-state index is -0.689. The monoisotopic (exact) mass is 219 g/mol. The first-order valence-corrected chi connectivity index (χ1v) is 4.53. The van der Waals surface area contributed by atoms with Crippen molar-refractivity contribution in [3.8, 4) is 0 Å². The van der Waals surface area contributed by atoms with Gasteiger partial charge in [-0.2, -0.15) is 0 Å². The molecular formula is C8H14ClN3O2. The predicted molar refractivity (Wildman–Crippen MR) is 53.0 cm³/mol. The Hall–Kier alpha value is -0.810. The van der Waals surface area contributed by atoms with Crippen LogP contribution in [0.15, 0.2) is 0 Å². The summed E-state index contributed by atoms with van der Waals surface area (Å²) < 4.78 is 0. The van der Waals surface area contributed by atoms with Crippen molar-refractivity contribution in [3.05, 3.63) is 0 Å². The van der Waals surface area contributed by atoms with Gasteiger partial charge in [-0.05, 0) is 19.4 Å². The van der Waals surface area contributed by atoms with Gasteiger partial charge >= 0.3 is 6.03 Å². The van der Waals surface area contributed by atoms with Crippen LogP contribution >= 0.6 is 12.4 Å². The molecule has 3 amide bonds. The summed E-state index contributed by atoms with van der Waals surface area (Å²) in [4.78, 5) is 22.5. The van der Waals surface area contributed by atoms with Crippen molar-refractivity contribution < 1.29 is 9.59 Å². The number of urea groups is 1. The zero-order chi connectivity index (χ0) is 9.47. The van der Waals surface area contributed by atoms with E-state index in [2.05, 4.69) is 10.6 Å². The maximum absolute atomic E-state index is 11.5. The van der Waals surface area contributed by atoms with Crippen molar-refractivity contribution in [2.75, 3.05) is 6.54 Å². The van der Waals surface area contributed by atoms with Crippen LogP contribution in [0, 0.1) is 5.92 Å². The molecule has 6 heteroatoms. The molecule has 5 nitrogen and oxygen atoms in total. The average molecular weight is 220 g/mol. The van der Waals surface area contributed by atoms with Crippen LogP contribution in [0.4, 0.5) is 4.79 Å². The molecule has 4 N–H and O–H groups in total. The van der Waals surface area contributed by atoms with E-state index in [1.165, 1.54) is 0 Å². The number of rotatable bonds is 1. The van der Waals surface area contributed by atoms with E-state index in [1.807, 2.05) is 0 Å². The Morgan fingerprint density at radius 1 is 1.50 bits per heavy atom. The van der Waals surface area contributed by atoms with Crippen LogP contribution in [0.25, 0.3) is 0 Å². The molecule has 0 aromatic carbocycles. The Labute approximate surface area is 88.2 Å². The normalized spacial score (nSPS) is 35.4. The number of carbonyl (C=O) groups is 2. The van der Waals surface area contributed by atoms with E-state index < -0.39 is 5.54 Å². The predicted octanol–water partition coefficient (Wildman–Crippen LogP) is -0.255. The van der Waals surface area contributed by atoms with Crippen LogP contribution in [-0.4, -0.2) is 24.0 Å². The Morgan fingerprint density at radius 2 is 2.21 bits per heavy atom. The van der Waals surface area contributed by atoms with Crippen LogP contribution < -0.4 is 16.4 Å². The number of amides is 3. The summed E-state index contributed by atoms with van der Waals surface area (Å²) in [5.41, 5.74) is 4.88. The summed E-state index contributed by atoms with van der Waals surface area (Å²) in [5.74, 6) is -0.107. The molecule has 1 heterocycles. The van der Waals surface area contributed by atoms with E-state index in [-0.39, 0.29) is 30.3 Å². The van der Waals surface area contributed by atoms with E-state index in [0.717, 1.165) is 12.8 Å². The van der Waals surface area contributed by atoms with Crippen molar-refractivity contribution in [1.82, 2.24) is 10.6 Å². The topological polar surface area (TPSA) is 84.2 Å². The van der Waals surface area contributed by atoms with Gasteiger partial charge in [-0.25, -0.2) is 4.79 Å². The fourth-order valence-electron chi connectivity index (χ4n) is 2.37. The Bertz CT molecular complexity index is 271. The fourth-order valence-corrected chi connectivity index (χ4v) is 2.37. The molecule has 2 fully saturated rings. The first-order valence-electron chi connectivity index (χ1n) is 4.53. The average Bonchev–Trinajstić information content (AvgIpc) is 2.59. The smallest absolute Gasteiger partial charge is 0.322 e. The molecule has 0 aromatic rings. The van der Waals surface area contributed by atoms with Crippen LogP contribution in [-0.2, 0) is 4.79 Å². The van der Waals surface area contributed by atoms with Crippen molar-refractivity contribution in [2.24, 2.45) is 11.7 Å². The Balaban J connectivity index is 0.000000980.